The quantitative estimate of drug-likeness (QED) is 0.895. The molecule has 0 unspecified atom stereocenters. The van der Waals surface area contributed by atoms with Gasteiger partial charge in [-0.15, -0.1) is 0 Å². The fourth-order valence-electron chi connectivity index (χ4n) is 2.25. The van der Waals surface area contributed by atoms with Gasteiger partial charge in [0.05, 0.1) is 19.2 Å². The summed E-state index contributed by atoms with van der Waals surface area (Å²) in [6.07, 6.45) is 2.77. The molecule has 0 bridgehead atoms. The summed E-state index contributed by atoms with van der Waals surface area (Å²) in [6, 6.07) is 5.74. The van der Waals surface area contributed by atoms with Crippen molar-refractivity contribution in [2.24, 2.45) is 5.73 Å². The number of rotatable bonds is 5. The summed E-state index contributed by atoms with van der Waals surface area (Å²) in [5.74, 6) is 0.692. The van der Waals surface area contributed by atoms with Gasteiger partial charge in [0.15, 0.2) is 0 Å². The minimum absolute atomic E-state index is 0.00291. The lowest BCUT2D eigenvalue weighted by atomic mass is 10.1. The number of likely N-dealkylation sites (N-methyl/N-ethyl adjacent to an activating group) is 1. The summed E-state index contributed by atoms with van der Waals surface area (Å²) >= 11 is 0. The zero-order valence-corrected chi connectivity index (χ0v) is 12.2. The number of hydrogen-bond acceptors (Lipinski definition) is 4. The van der Waals surface area contributed by atoms with E-state index in [0.29, 0.717) is 0 Å². The molecule has 1 heterocycles. The average molecular weight is 275 g/mol. The Morgan fingerprint density at radius 1 is 1.40 bits per heavy atom. The first kappa shape index (κ1) is 14.6. The normalized spacial score (nSPS) is 11.2. The first-order chi connectivity index (χ1) is 9.56. The molecule has 0 saturated carbocycles. The van der Waals surface area contributed by atoms with Crippen LogP contribution < -0.4 is 10.5 Å². The first-order valence-electron chi connectivity index (χ1n) is 6.62. The van der Waals surface area contributed by atoms with Gasteiger partial charge in [-0.3, -0.25) is 9.36 Å². The van der Waals surface area contributed by atoms with Gasteiger partial charge in [0, 0.05) is 18.1 Å². The van der Waals surface area contributed by atoms with Gasteiger partial charge in [0.25, 0.3) is 0 Å². The van der Waals surface area contributed by atoms with Crippen molar-refractivity contribution in [3.63, 3.8) is 0 Å². The van der Waals surface area contributed by atoms with Crippen LogP contribution in [0, 0.1) is 0 Å². The third kappa shape index (κ3) is 2.84. The Kier molecular flexibility index (Phi) is 4.42. The summed E-state index contributed by atoms with van der Waals surface area (Å²) in [5, 5.41) is 1.05. The molecule has 0 aliphatic carbocycles. The van der Waals surface area contributed by atoms with Crippen LogP contribution in [0.3, 0.4) is 0 Å². The van der Waals surface area contributed by atoms with Crippen molar-refractivity contribution in [3.8, 4) is 5.75 Å². The largest absolute Gasteiger partial charge is 0.497 e. The van der Waals surface area contributed by atoms with E-state index in [1.807, 2.05) is 38.5 Å². The van der Waals surface area contributed by atoms with E-state index in [2.05, 4.69) is 4.90 Å². The fourth-order valence-corrected chi connectivity index (χ4v) is 2.25. The molecule has 2 rings (SSSR count). The number of ether oxygens (including phenoxy) is 1. The maximum Gasteiger partial charge on any atom is 0.244 e. The molecule has 0 spiro atoms. The van der Waals surface area contributed by atoms with E-state index in [1.165, 1.54) is 0 Å². The highest BCUT2D eigenvalue weighted by Gasteiger charge is 2.13. The molecule has 5 heteroatoms. The predicted octanol–water partition coefficient (Wildman–Crippen LogP) is 1.35. The highest BCUT2D eigenvalue weighted by Crippen LogP contribution is 2.26. The molecule has 0 fully saturated rings. The summed E-state index contributed by atoms with van der Waals surface area (Å²) in [4.78, 5) is 14.0. The molecule has 5 nitrogen and oxygen atoms in total. The highest BCUT2D eigenvalue weighted by molar-refractivity contribution is 5.95. The molecule has 0 radical (unpaired) electrons. The average Bonchev–Trinajstić information content (AvgIpc) is 2.82. The Bertz CT molecular complexity index is 617. The molecule has 2 N–H and O–H groups in total. The monoisotopic (exact) mass is 275 g/mol. The molecule has 0 amide bonds. The Balaban J connectivity index is 2.51. The minimum atomic E-state index is -0.101. The first-order valence-corrected chi connectivity index (χ1v) is 6.62. The third-order valence-electron chi connectivity index (χ3n) is 3.37. The molecule has 0 atom stereocenters. The minimum Gasteiger partial charge on any atom is -0.497 e. The lowest BCUT2D eigenvalue weighted by Gasteiger charge is -2.08. The van der Waals surface area contributed by atoms with Crippen LogP contribution in [0.5, 0.6) is 5.75 Å². The second-order valence-corrected chi connectivity index (χ2v) is 5.06. The second-order valence-electron chi connectivity index (χ2n) is 5.06. The number of aromatic nitrogens is 1. The van der Waals surface area contributed by atoms with Crippen LogP contribution in [0.4, 0.5) is 0 Å². The second kappa shape index (κ2) is 6.07. The van der Waals surface area contributed by atoms with E-state index in [1.54, 1.807) is 11.7 Å². The van der Waals surface area contributed by atoms with Crippen molar-refractivity contribution >= 4 is 16.8 Å². The number of nitrogens with zero attached hydrogens (tertiary/aromatic N) is 2. The Morgan fingerprint density at radius 2 is 2.15 bits per heavy atom. The molecule has 0 aliphatic heterocycles. The number of benzene rings is 1. The van der Waals surface area contributed by atoms with E-state index in [-0.39, 0.29) is 12.5 Å². The van der Waals surface area contributed by atoms with Gasteiger partial charge in [-0.05, 0) is 44.3 Å². The van der Waals surface area contributed by atoms with Gasteiger partial charge in [-0.25, -0.2) is 0 Å². The van der Waals surface area contributed by atoms with Gasteiger partial charge in [-0.2, -0.15) is 0 Å². The Labute approximate surface area is 118 Å². The van der Waals surface area contributed by atoms with Gasteiger partial charge in [0.1, 0.15) is 5.75 Å². The summed E-state index contributed by atoms with van der Waals surface area (Å²) in [5.41, 5.74) is 7.50. The van der Waals surface area contributed by atoms with Gasteiger partial charge >= 0.3 is 0 Å². The van der Waals surface area contributed by atoms with Crippen molar-refractivity contribution in [2.75, 3.05) is 34.3 Å². The standard InChI is InChI=1S/C15H21N3O2/c1-17(2)7-6-11-10-18(15(19)9-16)14-5-4-12(20-3)8-13(11)14/h4-5,8,10H,6-7,9,16H2,1-3H3. The predicted molar refractivity (Wildman–Crippen MR) is 80.4 cm³/mol. The van der Waals surface area contributed by atoms with Gasteiger partial charge in [-0.1, -0.05) is 0 Å². The van der Waals surface area contributed by atoms with Crippen molar-refractivity contribution in [1.29, 1.82) is 0 Å². The highest BCUT2D eigenvalue weighted by atomic mass is 16.5. The SMILES string of the molecule is COc1ccc2c(c1)c(CCN(C)C)cn2C(=O)CN. The number of methoxy groups -OCH3 is 1. The van der Waals surface area contributed by atoms with Crippen LogP contribution in [0.25, 0.3) is 10.9 Å². The number of fused-ring (bicyclic) bond motifs is 1. The van der Waals surface area contributed by atoms with Crippen molar-refractivity contribution in [1.82, 2.24) is 9.47 Å². The zero-order valence-electron chi connectivity index (χ0n) is 12.2. The van der Waals surface area contributed by atoms with Crippen LogP contribution in [0.15, 0.2) is 24.4 Å². The van der Waals surface area contributed by atoms with E-state index >= 15 is 0 Å². The number of nitrogens with two attached hydrogens (primary N) is 1. The topological polar surface area (TPSA) is 60.5 Å². The fraction of sp³-hybridized carbons (Fsp3) is 0.400. The molecule has 1 aromatic carbocycles. The molecule has 0 aliphatic rings. The van der Waals surface area contributed by atoms with E-state index in [0.717, 1.165) is 35.2 Å². The third-order valence-corrected chi connectivity index (χ3v) is 3.37. The molecule has 1 aromatic heterocycles. The van der Waals surface area contributed by atoms with E-state index in [9.17, 15) is 4.79 Å². The lowest BCUT2D eigenvalue weighted by Crippen LogP contribution is -2.20. The summed E-state index contributed by atoms with van der Waals surface area (Å²) in [7, 11) is 5.71. The molecule has 20 heavy (non-hydrogen) atoms. The van der Waals surface area contributed by atoms with Gasteiger partial charge in [0.2, 0.25) is 5.91 Å². The van der Waals surface area contributed by atoms with Crippen molar-refractivity contribution in [3.05, 3.63) is 30.0 Å². The lowest BCUT2D eigenvalue weighted by molar-refractivity contribution is 0.0928. The van der Waals surface area contributed by atoms with Gasteiger partial charge < -0.3 is 15.4 Å². The van der Waals surface area contributed by atoms with Crippen LogP contribution in [-0.2, 0) is 6.42 Å². The summed E-state index contributed by atoms with van der Waals surface area (Å²) in [6.45, 7) is 0.927. The van der Waals surface area contributed by atoms with E-state index in [4.69, 9.17) is 10.5 Å². The number of hydrogen-bond donors (Lipinski definition) is 1. The summed E-state index contributed by atoms with van der Waals surface area (Å²) < 4.78 is 6.91. The maximum atomic E-state index is 11.9. The van der Waals surface area contributed by atoms with Crippen LogP contribution in [0.2, 0.25) is 0 Å². The smallest absolute Gasteiger partial charge is 0.244 e. The van der Waals surface area contributed by atoms with Crippen LogP contribution in [0.1, 0.15) is 10.4 Å². The molecule has 2 aromatic rings. The van der Waals surface area contributed by atoms with Crippen molar-refractivity contribution in [2.45, 2.75) is 6.42 Å². The molecular weight excluding hydrogens is 254 g/mol. The molecule has 0 saturated heterocycles. The number of carbonyl (C=O) groups excluding carboxylic acids is 1. The van der Waals surface area contributed by atoms with Crippen molar-refractivity contribution < 1.29 is 9.53 Å². The Hall–Kier alpha value is -1.85. The maximum absolute atomic E-state index is 11.9. The Morgan fingerprint density at radius 3 is 2.75 bits per heavy atom. The molecule has 108 valence electrons. The molecular formula is C15H21N3O2. The van der Waals surface area contributed by atoms with Crippen LogP contribution >= 0.6 is 0 Å². The number of carbonyl (C=O) groups is 1. The zero-order chi connectivity index (χ0) is 14.7. The van der Waals surface area contributed by atoms with E-state index < -0.39 is 0 Å². The van der Waals surface area contributed by atoms with Crippen LogP contribution in [-0.4, -0.2) is 49.7 Å².